The van der Waals surface area contributed by atoms with Gasteiger partial charge < -0.3 is 10.3 Å². The Balaban J connectivity index is 2.60. The lowest BCUT2D eigenvalue weighted by Gasteiger charge is -2.23. The van der Waals surface area contributed by atoms with Crippen molar-refractivity contribution in [2.24, 2.45) is 0 Å². The molecule has 0 unspecified atom stereocenters. The average molecular weight is 286 g/mol. The molecule has 0 bridgehead atoms. The van der Waals surface area contributed by atoms with Crippen LogP contribution in [0.1, 0.15) is 35.1 Å². The van der Waals surface area contributed by atoms with Crippen molar-refractivity contribution in [2.45, 2.75) is 39.2 Å². The SMILES string of the molecule is Cc1c(CNO)c(O)c(Br)c2c1CCCC2. The van der Waals surface area contributed by atoms with Crippen LogP contribution >= 0.6 is 15.9 Å². The Morgan fingerprint density at radius 2 is 1.88 bits per heavy atom. The highest BCUT2D eigenvalue weighted by atomic mass is 79.9. The number of benzene rings is 1. The summed E-state index contributed by atoms with van der Waals surface area (Å²) >= 11 is 3.46. The number of aromatic hydroxyl groups is 1. The fraction of sp³-hybridized carbons (Fsp3) is 0.500. The molecular weight excluding hydrogens is 270 g/mol. The van der Waals surface area contributed by atoms with Crippen LogP contribution in [0.5, 0.6) is 5.75 Å². The van der Waals surface area contributed by atoms with Crippen LogP contribution in [0.4, 0.5) is 0 Å². The van der Waals surface area contributed by atoms with Crippen LogP contribution in [0, 0.1) is 6.92 Å². The van der Waals surface area contributed by atoms with Gasteiger partial charge in [0.15, 0.2) is 0 Å². The first-order chi connectivity index (χ1) is 7.66. The van der Waals surface area contributed by atoms with E-state index in [0.29, 0.717) is 0 Å². The van der Waals surface area contributed by atoms with E-state index < -0.39 is 0 Å². The van der Waals surface area contributed by atoms with Gasteiger partial charge >= 0.3 is 0 Å². The summed E-state index contributed by atoms with van der Waals surface area (Å²) in [5.74, 6) is 0.264. The number of rotatable bonds is 2. The second-order valence-electron chi connectivity index (χ2n) is 4.27. The molecule has 1 aromatic rings. The second kappa shape index (κ2) is 4.73. The van der Waals surface area contributed by atoms with Crippen LogP contribution in [0.25, 0.3) is 0 Å². The minimum Gasteiger partial charge on any atom is -0.506 e. The van der Waals surface area contributed by atoms with E-state index in [0.717, 1.165) is 28.4 Å². The maximum atomic E-state index is 10.1. The molecule has 0 amide bonds. The summed E-state index contributed by atoms with van der Waals surface area (Å²) in [5, 5.41) is 18.9. The van der Waals surface area contributed by atoms with Crippen LogP contribution in [0.15, 0.2) is 4.47 Å². The van der Waals surface area contributed by atoms with Crippen LogP contribution in [0.2, 0.25) is 0 Å². The molecule has 3 nitrogen and oxygen atoms in total. The summed E-state index contributed by atoms with van der Waals surface area (Å²) < 4.78 is 0.804. The molecule has 2 rings (SSSR count). The van der Waals surface area contributed by atoms with Gasteiger partial charge in [0.1, 0.15) is 5.75 Å². The predicted octanol–water partition coefficient (Wildman–Crippen LogP) is 2.82. The van der Waals surface area contributed by atoms with Crippen LogP contribution < -0.4 is 5.48 Å². The molecule has 1 aromatic carbocycles. The first-order valence-electron chi connectivity index (χ1n) is 5.55. The van der Waals surface area contributed by atoms with Gasteiger partial charge in [0, 0.05) is 12.1 Å². The molecule has 3 N–H and O–H groups in total. The van der Waals surface area contributed by atoms with Gasteiger partial charge in [-0.05, 0) is 65.2 Å². The van der Waals surface area contributed by atoms with Gasteiger partial charge in [-0.3, -0.25) is 0 Å². The normalized spacial score (nSPS) is 14.9. The number of halogens is 1. The number of hydrogen-bond acceptors (Lipinski definition) is 3. The van der Waals surface area contributed by atoms with Gasteiger partial charge in [0.2, 0.25) is 0 Å². The van der Waals surface area contributed by atoms with Crippen molar-refractivity contribution in [3.63, 3.8) is 0 Å². The van der Waals surface area contributed by atoms with E-state index in [1.54, 1.807) is 0 Å². The maximum Gasteiger partial charge on any atom is 0.134 e. The van der Waals surface area contributed by atoms with E-state index in [1.165, 1.54) is 24.0 Å². The largest absolute Gasteiger partial charge is 0.506 e. The van der Waals surface area contributed by atoms with Crippen LogP contribution in [-0.2, 0) is 19.4 Å². The molecule has 16 heavy (non-hydrogen) atoms. The number of fused-ring (bicyclic) bond motifs is 1. The summed E-state index contributed by atoms with van der Waals surface area (Å²) in [6, 6.07) is 0. The fourth-order valence-electron chi connectivity index (χ4n) is 2.49. The third-order valence-corrected chi connectivity index (χ3v) is 4.24. The van der Waals surface area contributed by atoms with Gasteiger partial charge in [0.25, 0.3) is 0 Å². The quantitative estimate of drug-likeness (QED) is 0.733. The van der Waals surface area contributed by atoms with Crippen molar-refractivity contribution < 1.29 is 10.3 Å². The van der Waals surface area contributed by atoms with Crippen molar-refractivity contribution in [3.05, 3.63) is 26.7 Å². The smallest absolute Gasteiger partial charge is 0.134 e. The van der Waals surface area contributed by atoms with E-state index >= 15 is 0 Å². The number of phenols is 1. The molecule has 0 atom stereocenters. The zero-order valence-electron chi connectivity index (χ0n) is 9.31. The molecule has 1 aliphatic carbocycles. The summed E-state index contributed by atoms with van der Waals surface area (Å²) in [5.41, 5.74) is 6.59. The lowest BCUT2D eigenvalue weighted by atomic mass is 9.86. The molecule has 0 saturated heterocycles. The van der Waals surface area contributed by atoms with E-state index in [4.69, 9.17) is 5.21 Å². The minimum atomic E-state index is 0.264. The molecule has 1 aliphatic rings. The van der Waals surface area contributed by atoms with E-state index in [-0.39, 0.29) is 12.3 Å². The summed E-state index contributed by atoms with van der Waals surface area (Å²) in [4.78, 5) is 0. The highest BCUT2D eigenvalue weighted by Crippen LogP contribution is 2.40. The van der Waals surface area contributed by atoms with Gasteiger partial charge in [-0.15, -0.1) is 0 Å². The lowest BCUT2D eigenvalue weighted by Crippen LogP contribution is -2.13. The molecule has 0 saturated carbocycles. The zero-order chi connectivity index (χ0) is 11.7. The van der Waals surface area contributed by atoms with E-state index in [2.05, 4.69) is 21.4 Å². The number of hydroxylamine groups is 1. The minimum absolute atomic E-state index is 0.264. The molecule has 0 fully saturated rings. The van der Waals surface area contributed by atoms with Gasteiger partial charge in [0.05, 0.1) is 4.47 Å². The average Bonchev–Trinajstić information content (AvgIpc) is 2.32. The molecule has 0 radical (unpaired) electrons. The van der Waals surface area contributed by atoms with Crippen molar-refractivity contribution in [3.8, 4) is 5.75 Å². The standard InChI is InChI=1S/C12H16BrNO2/c1-7-8-4-2-3-5-9(8)11(13)12(15)10(7)6-14-16/h14-16H,2-6H2,1H3. The van der Waals surface area contributed by atoms with E-state index in [1.807, 2.05) is 6.92 Å². The highest BCUT2D eigenvalue weighted by molar-refractivity contribution is 9.10. The number of nitrogens with one attached hydrogen (secondary N) is 1. The Hall–Kier alpha value is -0.580. The van der Waals surface area contributed by atoms with Crippen molar-refractivity contribution in [1.82, 2.24) is 5.48 Å². The molecule has 0 aliphatic heterocycles. The van der Waals surface area contributed by atoms with Crippen molar-refractivity contribution >= 4 is 15.9 Å². The fourth-order valence-corrected chi connectivity index (χ4v) is 3.17. The molecule has 0 aromatic heterocycles. The summed E-state index contributed by atoms with van der Waals surface area (Å²) in [6.45, 7) is 2.30. The summed E-state index contributed by atoms with van der Waals surface area (Å²) in [7, 11) is 0. The number of hydrogen-bond donors (Lipinski definition) is 3. The predicted molar refractivity (Wildman–Crippen MR) is 65.8 cm³/mol. The highest BCUT2D eigenvalue weighted by Gasteiger charge is 2.21. The second-order valence-corrected chi connectivity index (χ2v) is 5.06. The Morgan fingerprint density at radius 1 is 1.25 bits per heavy atom. The zero-order valence-corrected chi connectivity index (χ0v) is 10.9. The first-order valence-corrected chi connectivity index (χ1v) is 6.34. The molecule has 0 spiro atoms. The Kier molecular flexibility index (Phi) is 3.52. The van der Waals surface area contributed by atoms with Crippen molar-refractivity contribution in [1.29, 1.82) is 0 Å². The van der Waals surface area contributed by atoms with Crippen molar-refractivity contribution in [2.75, 3.05) is 0 Å². The van der Waals surface area contributed by atoms with E-state index in [9.17, 15) is 5.11 Å². The maximum absolute atomic E-state index is 10.1. The van der Waals surface area contributed by atoms with Gasteiger partial charge in [-0.25, -0.2) is 5.48 Å². The van der Waals surface area contributed by atoms with Crippen LogP contribution in [-0.4, -0.2) is 10.3 Å². The summed E-state index contributed by atoms with van der Waals surface area (Å²) in [6.07, 6.45) is 4.48. The van der Waals surface area contributed by atoms with Crippen LogP contribution in [0.3, 0.4) is 0 Å². The Bertz CT molecular complexity index is 418. The first kappa shape index (κ1) is 11.9. The lowest BCUT2D eigenvalue weighted by molar-refractivity contribution is 0.160. The molecule has 4 heteroatoms. The molecule has 0 heterocycles. The third-order valence-electron chi connectivity index (χ3n) is 3.39. The Labute approximate surface area is 104 Å². The third kappa shape index (κ3) is 1.85. The van der Waals surface area contributed by atoms with Gasteiger partial charge in [-0.1, -0.05) is 0 Å². The molecular formula is C12H16BrNO2. The molecule has 88 valence electrons. The Morgan fingerprint density at radius 3 is 2.50 bits per heavy atom. The number of phenolic OH excluding ortho intramolecular Hbond substituents is 1. The topological polar surface area (TPSA) is 52.5 Å². The monoisotopic (exact) mass is 285 g/mol. The van der Waals surface area contributed by atoms with Gasteiger partial charge in [-0.2, -0.15) is 0 Å².